The van der Waals surface area contributed by atoms with Crippen LogP contribution in [0.3, 0.4) is 0 Å². The van der Waals surface area contributed by atoms with Crippen LogP contribution in [0.15, 0.2) is 12.4 Å². The number of nitrogens with zero attached hydrogens (tertiary/aromatic N) is 4. The number of aryl methyl sites for hydroxylation is 1. The molecule has 1 fully saturated rings. The van der Waals surface area contributed by atoms with E-state index in [0.717, 1.165) is 30.1 Å². The monoisotopic (exact) mass is 217 g/mol. The van der Waals surface area contributed by atoms with E-state index in [1.807, 2.05) is 23.7 Å². The standard InChI is InChI=1S/C11H15N5/c1-8-6-10-14-15-11(16(10)7-13-8)9-4-2-3-5-12-9/h6-7,9,12H,2-5H2,1H3. The maximum Gasteiger partial charge on any atom is 0.163 e. The molecule has 0 bridgehead atoms. The minimum atomic E-state index is 0.327. The van der Waals surface area contributed by atoms with Crippen LogP contribution >= 0.6 is 0 Å². The molecule has 2 aromatic heterocycles. The second-order valence-corrected chi connectivity index (χ2v) is 4.32. The van der Waals surface area contributed by atoms with Crippen LogP contribution in [0.2, 0.25) is 0 Å². The van der Waals surface area contributed by atoms with Gasteiger partial charge >= 0.3 is 0 Å². The minimum absolute atomic E-state index is 0.327. The summed E-state index contributed by atoms with van der Waals surface area (Å²) in [6.45, 7) is 3.03. The zero-order valence-electron chi connectivity index (χ0n) is 9.35. The molecule has 5 nitrogen and oxygen atoms in total. The third-order valence-electron chi connectivity index (χ3n) is 3.09. The Balaban J connectivity index is 2.03. The van der Waals surface area contributed by atoms with E-state index in [4.69, 9.17) is 0 Å². The van der Waals surface area contributed by atoms with Crippen molar-refractivity contribution in [2.45, 2.75) is 32.2 Å². The number of piperidine rings is 1. The zero-order chi connectivity index (χ0) is 11.0. The van der Waals surface area contributed by atoms with Crippen molar-refractivity contribution in [3.63, 3.8) is 0 Å². The summed E-state index contributed by atoms with van der Waals surface area (Å²) < 4.78 is 1.98. The molecule has 0 aliphatic carbocycles. The average molecular weight is 217 g/mol. The fraction of sp³-hybridized carbons (Fsp3) is 0.545. The van der Waals surface area contributed by atoms with Crippen LogP contribution in [0.5, 0.6) is 0 Å². The number of aromatic nitrogens is 4. The highest BCUT2D eigenvalue weighted by molar-refractivity contribution is 5.38. The Kier molecular flexibility index (Phi) is 2.32. The Morgan fingerprint density at radius 2 is 2.31 bits per heavy atom. The number of rotatable bonds is 1. The quantitative estimate of drug-likeness (QED) is 0.781. The molecule has 1 aliphatic rings. The summed E-state index contributed by atoms with van der Waals surface area (Å²) in [7, 11) is 0. The molecule has 1 unspecified atom stereocenters. The average Bonchev–Trinajstić information content (AvgIpc) is 2.73. The first-order chi connectivity index (χ1) is 7.84. The summed E-state index contributed by atoms with van der Waals surface area (Å²) >= 11 is 0. The SMILES string of the molecule is Cc1cc2nnc(C3CCCCN3)n2cn1. The summed E-state index contributed by atoms with van der Waals surface area (Å²) in [6.07, 6.45) is 5.46. The molecule has 0 amide bonds. The van der Waals surface area contributed by atoms with Gasteiger partial charge in [0.05, 0.1) is 6.04 Å². The molecule has 0 aromatic carbocycles. The topological polar surface area (TPSA) is 55.1 Å². The van der Waals surface area contributed by atoms with Gasteiger partial charge in [-0.15, -0.1) is 10.2 Å². The van der Waals surface area contributed by atoms with Crippen LogP contribution in [0.1, 0.15) is 36.8 Å². The molecular formula is C11H15N5. The van der Waals surface area contributed by atoms with Gasteiger partial charge < -0.3 is 5.32 Å². The van der Waals surface area contributed by atoms with Gasteiger partial charge in [-0.05, 0) is 26.3 Å². The van der Waals surface area contributed by atoms with Crippen molar-refractivity contribution in [1.82, 2.24) is 24.9 Å². The lowest BCUT2D eigenvalue weighted by Crippen LogP contribution is -2.28. The first-order valence-corrected chi connectivity index (χ1v) is 5.75. The van der Waals surface area contributed by atoms with Gasteiger partial charge in [-0.3, -0.25) is 4.40 Å². The maximum absolute atomic E-state index is 4.29. The summed E-state index contributed by atoms with van der Waals surface area (Å²) in [5.74, 6) is 0.988. The minimum Gasteiger partial charge on any atom is -0.307 e. The second-order valence-electron chi connectivity index (χ2n) is 4.32. The van der Waals surface area contributed by atoms with Crippen molar-refractivity contribution in [1.29, 1.82) is 0 Å². The summed E-state index contributed by atoms with van der Waals surface area (Å²) in [5, 5.41) is 11.9. The largest absolute Gasteiger partial charge is 0.307 e. The van der Waals surface area contributed by atoms with E-state index in [0.29, 0.717) is 6.04 Å². The molecule has 1 atom stereocenters. The van der Waals surface area contributed by atoms with Gasteiger partial charge in [-0.25, -0.2) is 4.98 Å². The third-order valence-corrected chi connectivity index (χ3v) is 3.09. The Hall–Kier alpha value is -1.49. The summed E-state index contributed by atoms with van der Waals surface area (Å²) in [6, 6.07) is 2.28. The highest BCUT2D eigenvalue weighted by atomic mass is 15.3. The van der Waals surface area contributed by atoms with Crippen molar-refractivity contribution in [3.8, 4) is 0 Å². The van der Waals surface area contributed by atoms with Gasteiger partial charge in [-0.1, -0.05) is 6.42 Å². The number of nitrogens with one attached hydrogen (secondary N) is 1. The zero-order valence-corrected chi connectivity index (χ0v) is 9.35. The van der Waals surface area contributed by atoms with Crippen molar-refractivity contribution in [3.05, 3.63) is 23.9 Å². The Morgan fingerprint density at radius 3 is 3.12 bits per heavy atom. The lowest BCUT2D eigenvalue weighted by Gasteiger charge is -2.21. The molecule has 3 heterocycles. The summed E-state index contributed by atoms with van der Waals surface area (Å²) in [5.41, 5.74) is 1.86. The van der Waals surface area contributed by atoms with E-state index in [2.05, 4.69) is 20.5 Å². The van der Waals surface area contributed by atoms with Crippen molar-refractivity contribution in [2.24, 2.45) is 0 Å². The van der Waals surface area contributed by atoms with Crippen LogP contribution in [0, 0.1) is 6.92 Å². The molecule has 0 radical (unpaired) electrons. The van der Waals surface area contributed by atoms with Crippen LogP contribution < -0.4 is 5.32 Å². The van der Waals surface area contributed by atoms with Gasteiger partial charge in [0.2, 0.25) is 0 Å². The molecule has 5 heteroatoms. The Labute approximate surface area is 93.9 Å². The first-order valence-electron chi connectivity index (χ1n) is 5.75. The second kappa shape index (κ2) is 3.83. The molecule has 2 aromatic rings. The predicted molar refractivity (Wildman–Crippen MR) is 60.1 cm³/mol. The van der Waals surface area contributed by atoms with Crippen LogP contribution in [-0.4, -0.2) is 26.1 Å². The molecule has 1 N–H and O–H groups in total. The third kappa shape index (κ3) is 1.57. The lowest BCUT2D eigenvalue weighted by molar-refractivity contribution is 0.395. The molecule has 84 valence electrons. The van der Waals surface area contributed by atoms with E-state index in [9.17, 15) is 0 Å². The maximum atomic E-state index is 4.29. The van der Waals surface area contributed by atoms with Crippen molar-refractivity contribution < 1.29 is 0 Å². The molecular weight excluding hydrogens is 202 g/mol. The highest BCUT2D eigenvalue weighted by Crippen LogP contribution is 2.21. The van der Waals surface area contributed by atoms with Gasteiger partial charge in [0.15, 0.2) is 11.5 Å². The number of fused-ring (bicyclic) bond motifs is 1. The van der Waals surface area contributed by atoms with Gasteiger partial charge in [0.25, 0.3) is 0 Å². The normalized spacial score (nSPS) is 21.4. The van der Waals surface area contributed by atoms with Crippen molar-refractivity contribution in [2.75, 3.05) is 6.54 Å². The van der Waals surface area contributed by atoms with Gasteiger partial charge in [0, 0.05) is 11.8 Å². The van der Waals surface area contributed by atoms with Crippen LogP contribution in [-0.2, 0) is 0 Å². The van der Waals surface area contributed by atoms with E-state index in [1.54, 1.807) is 0 Å². The molecule has 3 rings (SSSR count). The predicted octanol–water partition coefficient (Wildman–Crippen LogP) is 1.25. The number of hydrogen-bond acceptors (Lipinski definition) is 4. The fourth-order valence-corrected chi connectivity index (χ4v) is 2.22. The van der Waals surface area contributed by atoms with Crippen molar-refractivity contribution >= 4 is 5.65 Å². The molecule has 1 saturated heterocycles. The highest BCUT2D eigenvalue weighted by Gasteiger charge is 2.20. The molecule has 0 spiro atoms. The Bertz CT molecular complexity index is 498. The van der Waals surface area contributed by atoms with Gasteiger partial charge in [-0.2, -0.15) is 0 Å². The first kappa shape index (κ1) is 9.72. The lowest BCUT2D eigenvalue weighted by atomic mass is 10.0. The smallest absolute Gasteiger partial charge is 0.163 e. The van der Waals surface area contributed by atoms with Crippen LogP contribution in [0.25, 0.3) is 5.65 Å². The van der Waals surface area contributed by atoms with E-state index in [1.165, 1.54) is 12.8 Å². The van der Waals surface area contributed by atoms with E-state index >= 15 is 0 Å². The molecule has 0 saturated carbocycles. The van der Waals surface area contributed by atoms with E-state index < -0.39 is 0 Å². The number of hydrogen-bond donors (Lipinski definition) is 1. The van der Waals surface area contributed by atoms with Gasteiger partial charge in [0.1, 0.15) is 6.33 Å². The summed E-state index contributed by atoms with van der Waals surface area (Å²) in [4.78, 5) is 4.29. The molecule has 1 aliphatic heterocycles. The Morgan fingerprint density at radius 1 is 1.38 bits per heavy atom. The van der Waals surface area contributed by atoms with E-state index in [-0.39, 0.29) is 0 Å². The fourth-order valence-electron chi connectivity index (χ4n) is 2.22. The molecule has 16 heavy (non-hydrogen) atoms. The van der Waals surface area contributed by atoms with Crippen LogP contribution in [0.4, 0.5) is 0 Å².